The molecule has 0 saturated heterocycles. The summed E-state index contributed by atoms with van der Waals surface area (Å²) in [5, 5.41) is 0. The fourth-order valence-corrected chi connectivity index (χ4v) is 2.81. The Morgan fingerprint density at radius 3 is 2.14 bits per heavy atom. The van der Waals surface area contributed by atoms with Crippen molar-refractivity contribution in [2.24, 2.45) is 7.05 Å². The van der Waals surface area contributed by atoms with Crippen molar-refractivity contribution in [1.29, 1.82) is 0 Å². The lowest BCUT2D eigenvalue weighted by atomic mass is 10.3. The lowest BCUT2D eigenvalue weighted by Gasteiger charge is -2.09. The van der Waals surface area contributed by atoms with E-state index in [-0.39, 0.29) is 0 Å². The zero-order valence-electron chi connectivity index (χ0n) is 11.3. The van der Waals surface area contributed by atoms with Gasteiger partial charge in [0, 0.05) is 6.42 Å². The molecule has 0 amide bonds. The molecule has 0 aliphatic carbocycles. The Balaban J connectivity index is 0.000000763. The number of hydrogen-bond donors (Lipinski definition) is 0. The molecule has 0 unspecified atom stereocenters. The van der Waals surface area contributed by atoms with E-state index in [1.165, 1.54) is 6.20 Å². The molecule has 5 nitrogen and oxygen atoms in total. The molecule has 0 aliphatic heterocycles. The SMILES string of the molecule is CCc1n(S(=O)(=O)OCC(Cl)(Cl)Cl)cc[n+]1C.F[B-](F)(F)F. The summed E-state index contributed by atoms with van der Waals surface area (Å²) in [5.74, 6) is 0.564. The molecule has 14 heteroatoms. The average molecular weight is 409 g/mol. The first-order valence-electron chi connectivity index (χ1n) is 5.57. The van der Waals surface area contributed by atoms with Crippen molar-refractivity contribution < 1.29 is 34.4 Å². The van der Waals surface area contributed by atoms with Gasteiger partial charge >= 0.3 is 17.6 Å². The Labute approximate surface area is 140 Å². The third-order valence-electron chi connectivity index (χ3n) is 2.02. The van der Waals surface area contributed by atoms with Crippen LogP contribution in [0.3, 0.4) is 0 Å². The number of halogens is 7. The Hall–Kier alpha value is -0.225. The number of nitrogens with zero attached hydrogens (tertiary/aromatic N) is 2. The van der Waals surface area contributed by atoms with Crippen LogP contribution in [0.5, 0.6) is 0 Å². The standard InChI is InChI=1S/C8H12Cl3N2O3S.BF4/c1-3-7-12(2)4-5-13(7)17(14,15)16-6-8(9,10)11;2-1(3,4)5/h4-5H,3,6H2,1-2H3;/q+1;-1. The fourth-order valence-electron chi connectivity index (χ4n) is 1.29. The second kappa shape index (κ2) is 8.05. The van der Waals surface area contributed by atoms with Gasteiger partial charge in [0.1, 0.15) is 19.0 Å². The predicted molar refractivity (Wildman–Crippen MR) is 75.7 cm³/mol. The average Bonchev–Trinajstić information content (AvgIpc) is 2.65. The van der Waals surface area contributed by atoms with Crippen LogP contribution in [-0.2, 0) is 28.0 Å². The molecule has 1 aromatic heterocycles. The normalized spacial score (nSPS) is 12.8. The smallest absolute Gasteiger partial charge is 0.418 e. The van der Waals surface area contributed by atoms with Crippen molar-refractivity contribution in [2.75, 3.05) is 6.61 Å². The minimum absolute atomic E-state index is 0.528. The monoisotopic (exact) mass is 408 g/mol. The predicted octanol–water partition coefficient (Wildman–Crippen LogP) is 2.65. The topological polar surface area (TPSA) is 52.2 Å². The van der Waals surface area contributed by atoms with Crippen LogP contribution in [-0.4, -0.2) is 30.0 Å². The zero-order chi connectivity index (χ0) is 17.8. The third kappa shape index (κ3) is 9.04. The molecule has 1 rings (SSSR count). The highest BCUT2D eigenvalue weighted by atomic mass is 35.6. The fraction of sp³-hybridized carbons (Fsp3) is 0.625. The first kappa shape index (κ1) is 21.8. The summed E-state index contributed by atoms with van der Waals surface area (Å²) >= 11 is 16.3. The Morgan fingerprint density at radius 1 is 1.32 bits per heavy atom. The van der Waals surface area contributed by atoms with Crippen LogP contribution in [0.2, 0.25) is 0 Å². The van der Waals surface area contributed by atoms with Crippen LogP contribution in [0.25, 0.3) is 0 Å². The molecule has 22 heavy (non-hydrogen) atoms. The van der Waals surface area contributed by atoms with Crippen molar-refractivity contribution in [3.05, 3.63) is 18.2 Å². The van der Waals surface area contributed by atoms with Crippen molar-refractivity contribution in [1.82, 2.24) is 3.97 Å². The van der Waals surface area contributed by atoms with Gasteiger partial charge in [0.15, 0.2) is 0 Å². The van der Waals surface area contributed by atoms with Gasteiger partial charge in [-0.3, -0.25) is 0 Å². The molecule has 0 aromatic carbocycles. The van der Waals surface area contributed by atoms with Gasteiger partial charge < -0.3 is 17.3 Å². The van der Waals surface area contributed by atoms with Crippen molar-refractivity contribution in [2.45, 2.75) is 17.1 Å². The highest BCUT2D eigenvalue weighted by Gasteiger charge is 2.31. The summed E-state index contributed by atoms with van der Waals surface area (Å²) in [4.78, 5) is 0. The van der Waals surface area contributed by atoms with E-state index in [0.29, 0.717) is 12.2 Å². The first-order chi connectivity index (χ1) is 9.67. The summed E-state index contributed by atoms with van der Waals surface area (Å²) in [7, 11) is -8.24. The molecule has 0 N–H and O–H groups in total. The van der Waals surface area contributed by atoms with Crippen LogP contribution in [0.15, 0.2) is 12.4 Å². The van der Waals surface area contributed by atoms with E-state index < -0.39 is 28.0 Å². The summed E-state index contributed by atoms with van der Waals surface area (Å²) in [5.41, 5.74) is 0. The largest absolute Gasteiger partial charge is 0.673 e. The molecule has 0 spiro atoms. The van der Waals surface area contributed by atoms with E-state index in [0.717, 1.165) is 3.97 Å². The molecular weight excluding hydrogens is 397 g/mol. The lowest BCUT2D eigenvalue weighted by molar-refractivity contribution is -0.678. The van der Waals surface area contributed by atoms with E-state index in [4.69, 9.17) is 34.8 Å². The quantitative estimate of drug-likeness (QED) is 0.333. The molecule has 0 aliphatic rings. The summed E-state index contributed by atoms with van der Waals surface area (Å²) in [6.07, 6.45) is 3.52. The van der Waals surface area contributed by atoms with E-state index in [2.05, 4.69) is 4.18 Å². The lowest BCUT2D eigenvalue weighted by Crippen LogP contribution is -2.34. The zero-order valence-corrected chi connectivity index (χ0v) is 14.4. The maximum absolute atomic E-state index is 11.8. The van der Waals surface area contributed by atoms with Gasteiger partial charge in [-0.25, -0.2) is 8.75 Å². The Bertz CT molecular complexity index is 582. The number of aromatic nitrogens is 2. The number of alkyl halides is 3. The number of aryl methyl sites for hydroxylation is 1. The first-order valence-corrected chi connectivity index (χ1v) is 8.07. The van der Waals surface area contributed by atoms with Crippen LogP contribution < -0.4 is 4.57 Å². The summed E-state index contributed by atoms with van der Waals surface area (Å²) < 4.78 is 68.2. The van der Waals surface area contributed by atoms with Crippen molar-refractivity contribution in [3.8, 4) is 0 Å². The van der Waals surface area contributed by atoms with Gasteiger partial charge in [-0.05, 0) is 0 Å². The highest BCUT2D eigenvalue weighted by molar-refractivity contribution is 7.85. The Morgan fingerprint density at radius 2 is 1.77 bits per heavy atom. The minimum atomic E-state index is -6.00. The molecule has 1 heterocycles. The van der Waals surface area contributed by atoms with Crippen LogP contribution in [0.1, 0.15) is 12.7 Å². The van der Waals surface area contributed by atoms with E-state index in [1.807, 2.05) is 6.92 Å². The van der Waals surface area contributed by atoms with Gasteiger partial charge in [0.2, 0.25) is 3.79 Å². The second-order valence-electron chi connectivity index (χ2n) is 3.80. The molecule has 0 bridgehead atoms. The van der Waals surface area contributed by atoms with E-state index in [9.17, 15) is 25.7 Å². The number of hydrogen-bond acceptors (Lipinski definition) is 3. The van der Waals surface area contributed by atoms with Crippen LogP contribution in [0.4, 0.5) is 17.3 Å². The molecule has 0 atom stereocenters. The molecule has 0 saturated carbocycles. The maximum Gasteiger partial charge on any atom is 0.673 e. The number of rotatable bonds is 4. The van der Waals surface area contributed by atoms with E-state index >= 15 is 0 Å². The van der Waals surface area contributed by atoms with Gasteiger partial charge in [0.05, 0.1) is 7.05 Å². The molecule has 0 fully saturated rings. The van der Waals surface area contributed by atoms with Gasteiger partial charge in [-0.2, -0.15) is 8.42 Å². The number of imidazole rings is 1. The molecule has 1 aromatic rings. The Kier molecular flexibility index (Phi) is 7.96. The summed E-state index contributed by atoms with van der Waals surface area (Å²) in [6, 6.07) is 0. The molecular formula is C8H12BCl3F4N2O3S. The third-order valence-corrected chi connectivity index (χ3v) is 3.57. The summed E-state index contributed by atoms with van der Waals surface area (Å²) in [6.45, 7) is 1.29. The van der Waals surface area contributed by atoms with E-state index in [1.54, 1.807) is 17.8 Å². The minimum Gasteiger partial charge on any atom is -0.418 e. The highest BCUT2D eigenvalue weighted by Crippen LogP contribution is 2.26. The van der Waals surface area contributed by atoms with Gasteiger partial charge in [0.25, 0.3) is 5.82 Å². The van der Waals surface area contributed by atoms with Gasteiger partial charge in [-0.15, -0.1) is 0 Å². The second-order valence-corrected chi connectivity index (χ2v) is 7.81. The van der Waals surface area contributed by atoms with Crippen molar-refractivity contribution in [3.63, 3.8) is 0 Å². The van der Waals surface area contributed by atoms with Crippen LogP contribution in [0, 0.1) is 0 Å². The van der Waals surface area contributed by atoms with Gasteiger partial charge in [-0.1, -0.05) is 45.7 Å². The molecule has 130 valence electrons. The van der Waals surface area contributed by atoms with Crippen molar-refractivity contribution >= 4 is 52.4 Å². The molecule has 0 radical (unpaired) electrons. The maximum atomic E-state index is 11.8. The van der Waals surface area contributed by atoms with Crippen LogP contribution >= 0.6 is 34.8 Å².